The molecule has 3 fully saturated rings. The van der Waals surface area contributed by atoms with Crippen molar-refractivity contribution in [1.29, 1.82) is 0 Å². The van der Waals surface area contributed by atoms with Crippen LogP contribution in [0, 0.1) is 5.82 Å². The number of amides is 2. The molecule has 2 aromatic carbocycles. The van der Waals surface area contributed by atoms with E-state index in [1.165, 1.54) is 12.1 Å². The molecular weight excluding hydrogens is 524 g/mol. The molecule has 0 radical (unpaired) electrons. The van der Waals surface area contributed by atoms with Crippen molar-refractivity contribution in [2.45, 2.75) is 55.4 Å². The maximum absolute atomic E-state index is 13.6. The minimum Gasteiger partial charge on any atom is -0.484 e. The van der Waals surface area contributed by atoms with Gasteiger partial charge in [0.25, 0.3) is 11.8 Å². The third kappa shape index (κ3) is 5.17. The highest BCUT2D eigenvalue weighted by atomic mass is 35.5. The molecule has 11 heteroatoms. The molecule has 198 valence electrons. The number of ether oxygens (including phenoxy) is 2. The third-order valence-corrected chi connectivity index (χ3v) is 8.23. The highest BCUT2D eigenvalue weighted by Gasteiger charge is 2.55. The number of aliphatic hydroxyl groups excluding tert-OH is 1. The molecule has 2 bridgehead atoms. The lowest BCUT2D eigenvalue weighted by atomic mass is 9.60. The first-order chi connectivity index (χ1) is 17.6. The van der Waals surface area contributed by atoms with Crippen molar-refractivity contribution >= 4 is 40.7 Å². The summed E-state index contributed by atoms with van der Waals surface area (Å²) < 4.78 is 25.0. The number of rotatable bonds is 6. The lowest BCUT2D eigenvalue weighted by Gasteiger charge is -2.56. The van der Waals surface area contributed by atoms with Crippen LogP contribution in [-0.4, -0.2) is 60.4 Å². The summed E-state index contributed by atoms with van der Waals surface area (Å²) in [7, 11) is 1.88. The molecule has 1 heterocycles. The summed E-state index contributed by atoms with van der Waals surface area (Å²) in [6.07, 6.45) is 0.989. The molecule has 3 N–H and O–H groups in total. The number of hydrogen-bond donors (Lipinski definition) is 3. The second-order valence-corrected chi connectivity index (χ2v) is 11.0. The van der Waals surface area contributed by atoms with Crippen LogP contribution in [0.15, 0.2) is 36.4 Å². The first-order valence-corrected chi connectivity index (χ1v) is 12.9. The van der Waals surface area contributed by atoms with Crippen molar-refractivity contribution in [1.82, 2.24) is 10.6 Å². The molecule has 2 aromatic rings. The molecule has 0 spiro atoms. The monoisotopic (exact) mass is 551 g/mol. The normalized spacial score (nSPS) is 28.2. The number of carbonyl (C=O) groups excluding carboxylic acids is 2. The zero-order chi connectivity index (χ0) is 26.4. The molecule has 1 unspecified atom stereocenters. The number of carbonyl (C=O) groups is 2. The van der Waals surface area contributed by atoms with Gasteiger partial charge in [-0.25, -0.2) is 4.39 Å². The Morgan fingerprint density at radius 2 is 1.92 bits per heavy atom. The van der Waals surface area contributed by atoms with Gasteiger partial charge < -0.3 is 30.1 Å². The molecule has 0 saturated heterocycles. The van der Waals surface area contributed by atoms with Gasteiger partial charge in [-0.05, 0) is 62.4 Å². The van der Waals surface area contributed by atoms with Gasteiger partial charge >= 0.3 is 0 Å². The molecule has 1 aliphatic heterocycles. The van der Waals surface area contributed by atoms with Crippen molar-refractivity contribution in [2.24, 2.45) is 0 Å². The number of benzene rings is 2. The van der Waals surface area contributed by atoms with E-state index in [0.717, 1.165) is 11.8 Å². The van der Waals surface area contributed by atoms with Gasteiger partial charge in [0.1, 0.15) is 17.3 Å². The average Bonchev–Trinajstić information content (AvgIpc) is 2.86. The lowest BCUT2D eigenvalue weighted by molar-refractivity contribution is -0.139. The van der Waals surface area contributed by atoms with Crippen molar-refractivity contribution in [3.05, 3.63) is 52.3 Å². The molecule has 4 aliphatic rings. The summed E-state index contributed by atoms with van der Waals surface area (Å²) in [6, 6.07) is 9.22. The van der Waals surface area contributed by atoms with Gasteiger partial charge in [-0.2, -0.15) is 0 Å². The molecule has 3 saturated carbocycles. The van der Waals surface area contributed by atoms with Gasteiger partial charge in [-0.3, -0.25) is 9.59 Å². The van der Waals surface area contributed by atoms with Gasteiger partial charge in [0.05, 0.1) is 28.9 Å². The predicted molar refractivity (Wildman–Crippen MR) is 137 cm³/mol. The zero-order valence-corrected chi connectivity index (χ0v) is 21.7. The van der Waals surface area contributed by atoms with Gasteiger partial charge in [-0.1, -0.05) is 23.2 Å². The summed E-state index contributed by atoms with van der Waals surface area (Å²) in [5.74, 6) is -0.504. The minimum atomic E-state index is -0.843. The summed E-state index contributed by atoms with van der Waals surface area (Å²) in [6.45, 7) is 0.0476. The third-order valence-electron chi connectivity index (χ3n) is 7.69. The fraction of sp³-hybridized carbons (Fsp3) is 0.462. The van der Waals surface area contributed by atoms with E-state index in [4.69, 9.17) is 32.7 Å². The maximum Gasteiger partial charge on any atom is 0.263 e. The summed E-state index contributed by atoms with van der Waals surface area (Å²) >= 11 is 11.8. The van der Waals surface area contributed by atoms with Crippen LogP contribution in [0.1, 0.15) is 32.1 Å². The van der Waals surface area contributed by atoms with Gasteiger partial charge in [0, 0.05) is 23.7 Å². The zero-order valence-electron chi connectivity index (χ0n) is 20.2. The van der Waals surface area contributed by atoms with Gasteiger partial charge in [0.2, 0.25) is 0 Å². The van der Waals surface area contributed by atoms with Crippen LogP contribution in [0.25, 0.3) is 0 Å². The molecule has 2 amide bonds. The molecule has 2 atom stereocenters. The molecule has 37 heavy (non-hydrogen) atoms. The maximum atomic E-state index is 13.6. The van der Waals surface area contributed by atoms with E-state index in [0.29, 0.717) is 49.4 Å². The van der Waals surface area contributed by atoms with Gasteiger partial charge in [-0.15, -0.1) is 0 Å². The van der Waals surface area contributed by atoms with Crippen LogP contribution < -0.4 is 25.0 Å². The highest BCUT2D eigenvalue weighted by molar-refractivity contribution is 6.31. The van der Waals surface area contributed by atoms with E-state index >= 15 is 0 Å². The number of halogens is 3. The Balaban J connectivity index is 1.17. The lowest BCUT2D eigenvalue weighted by Crippen LogP contribution is -2.71. The number of hydrogen-bond acceptors (Lipinski definition) is 6. The van der Waals surface area contributed by atoms with Crippen molar-refractivity contribution in [2.75, 3.05) is 25.1 Å². The SMILES string of the molecule is CN1CC(C(=O)NC23CCC(NC(=O)COc4ccc(Cl)c(F)c4)(CC2)[C@H](O)C3)Oc2ccc(Cl)cc21. The number of nitrogens with one attached hydrogen (secondary N) is 2. The Bertz CT molecular complexity index is 1220. The van der Waals surface area contributed by atoms with Crippen LogP contribution in [-0.2, 0) is 9.59 Å². The van der Waals surface area contributed by atoms with Gasteiger partial charge in [0.15, 0.2) is 12.7 Å². The average molecular weight is 552 g/mol. The second kappa shape index (κ2) is 9.85. The fourth-order valence-electron chi connectivity index (χ4n) is 5.60. The Morgan fingerprint density at radius 3 is 2.62 bits per heavy atom. The van der Waals surface area contributed by atoms with Crippen LogP contribution in [0.4, 0.5) is 10.1 Å². The summed E-state index contributed by atoms with van der Waals surface area (Å²) in [4.78, 5) is 27.8. The van der Waals surface area contributed by atoms with Crippen LogP contribution in [0.3, 0.4) is 0 Å². The Labute approximate surface area is 224 Å². The quantitative estimate of drug-likeness (QED) is 0.508. The predicted octanol–water partition coefficient (Wildman–Crippen LogP) is 3.46. The number of likely N-dealkylation sites (N-methyl/N-ethyl adjacent to an activating group) is 1. The summed E-state index contributed by atoms with van der Waals surface area (Å²) in [5.41, 5.74) is -0.536. The van der Waals surface area contributed by atoms with Crippen molar-refractivity contribution < 1.29 is 28.6 Å². The first-order valence-electron chi connectivity index (χ1n) is 12.1. The van der Waals surface area contributed by atoms with Crippen LogP contribution in [0.5, 0.6) is 11.5 Å². The van der Waals surface area contributed by atoms with E-state index in [-0.39, 0.29) is 23.3 Å². The van der Waals surface area contributed by atoms with Crippen LogP contribution in [0.2, 0.25) is 10.0 Å². The molecule has 6 rings (SSSR count). The fourth-order valence-corrected chi connectivity index (χ4v) is 5.88. The highest BCUT2D eigenvalue weighted by Crippen LogP contribution is 2.47. The topological polar surface area (TPSA) is 100 Å². The van der Waals surface area contributed by atoms with Crippen molar-refractivity contribution in [3.8, 4) is 11.5 Å². The Kier molecular flexibility index (Phi) is 6.89. The molecule has 0 aromatic heterocycles. The molecular formula is C26H28Cl2FN3O5. The van der Waals surface area contributed by atoms with Crippen molar-refractivity contribution in [3.63, 3.8) is 0 Å². The van der Waals surface area contributed by atoms with E-state index in [1.54, 1.807) is 18.2 Å². The Hall–Kier alpha value is -2.75. The largest absolute Gasteiger partial charge is 0.484 e. The molecule has 8 nitrogen and oxygen atoms in total. The first kappa shape index (κ1) is 25.9. The Morgan fingerprint density at radius 1 is 1.16 bits per heavy atom. The number of fused-ring (bicyclic) bond motifs is 4. The minimum absolute atomic E-state index is 0.0319. The number of nitrogens with zero attached hydrogens (tertiary/aromatic N) is 1. The number of anilines is 1. The second-order valence-electron chi connectivity index (χ2n) is 10.2. The number of aliphatic hydroxyl groups is 1. The van der Waals surface area contributed by atoms with E-state index in [9.17, 15) is 19.1 Å². The molecule has 3 aliphatic carbocycles. The van der Waals surface area contributed by atoms with Crippen LogP contribution >= 0.6 is 23.2 Å². The standard InChI is InChI=1S/C26H28Cl2FN3O5/c1-32-13-21(37-20-5-2-15(27)10-19(20)32)24(35)31-25-6-8-26(9-7-25,22(33)12-25)30-23(34)14-36-16-3-4-17(28)18(29)11-16/h2-5,10-11,21-22,33H,6-9,12-14H2,1H3,(H,30,34)(H,31,35)/t21?,22-,25?,26?/m1/s1. The summed E-state index contributed by atoms with van der Waals surface area (Å²) in [5, 5.41) is 17.7. The van der Waals surface area contributed by atoms with E-state index in [2.05, 4.69) is 10.6 Å². The smallest absolute Gasteiger partial charge is 0.263 e. The van der Waals surface area contributed by atoms with E-state index in [1.807, 2.05) is 11.9 Å². The van der Waals surface area contributed by atoms with E-state index < -0.39 is 35.0 Å².